The van der Waals surface area contributed by atoms with Crippen LogP contribution in [0.25, 0.3) is 11.4 Å². The summed E-state index contributed by atoms with van der Waals surface area (Å²) in [7, 11) is 0. The summed E-state index contributed by atoms with van der Waals surface area (Å²) in [4.78, 5) is 28.3. The Labute approximate surface area is 169 Å². The van der Waals surface area contributed by atoms with E-state index in [1.165, 1.54) is 4.88 Å². The van der Waals surface area contributed by atoms with Gasteiger partial charge in [-0.3, -0.25) is 9.78 Å². The number of rotatable bonds is 3. The highest BCUT2D eigenvalue weighted by Gasteiger charge is 2.35. The molecule has 1 amide bonds. The molecule has 5 nitrogen and oxygen atoms in total. The van der Waals surface area contributed by atoms with E-state index in [4.69, 9.17) is 4.98 Å². The molecule has 0 saturated heterocycles. The number of hydrogen-bond acceptors (Lipinski definition) is 5. The zero-order valence-electron chi connectivity index (χ0n) is 16.6. The molecule has 3 aromatic heterocycles. The van der Waals surface area contributed by atoms with E-state index in [1.54, 1.807) is 23.7 Å². The average molecular weight is 393 g/mol. The Morgan fingerprint density at radius 1 is 1.25 bits per heavy atom. The van der Waals surface area contributed by atoms with Gasteiger partial charge in [-0.05, 0) is 55.9 Å². The van der Waals surface area contributed by atoms with E-state index in [-0.39, 0.29) is 17.4 Å². The van der Waals surface area contributed by atoms with E-state index in [0.717, 1.165) is 40.1 Å². The molecule has 1 N–H and O–H groups in total. The molecule has 0 radical (unpaired) electrons. The molecule has 6 heteroatoms. The maximum atomic E-state index is 12.8. The number of nitrogens with zero attached hydrogens (tertiary/aromatic N) is 3. The fourth-order valence-corrected chi connectivity index (χ4v) is 4.67. The molecular weight excluding hydrogens is 368 g/mol. The summed E-state index contributed by atoms with van der Waals surface area (Å²) >= 11 is 1.54. The number of carbonyl (C=O) groups is 1. The van der Waals surface area contributed by atoms with Crippen molar-refractivity contribution in [2.45, 2.75) is 46.6 Å². The number of amides is 1. The normalized spacial score (nSPS) is 17.8. The van der Waals surface area contributed by atoms with E-state index in [0.29, 0.717) is 5.82 Å². The van der Waals surface area contributed by atoms with Gasteiger partial charge in [-0.25, -0.2) is 9.97 Å². The smallest absolute Gasteiger partial charge is 0.261 e. The van der Waals surface area contributed by atoms with Crippen LogP contribution in [-0.2, 0) is 6.42 Å². The number of aryl methyl sites for hydroxylation is 2. The minimum Gasteiger partial charge on any atom is -0.344 e. The monoisotopic (exact) mass is 392 g/mol. The second kappa shape index (κ2) is 7.09. The second-order valence-corrected chi connectivity index (χ2v) is 9.51. The van der Waals surface area contributed by atoms with Crippen LogP contribution in [0, 0.1) is 19.3 Å². The van der Waals surface area contributed by atoms with Crippen LogP contribution in [0.15, 0.2) is 36.8 Å². The van der Waals surface area contributed by atoms with Crippen molar-refractivity contribution in [2.24, 2.45) is 5.41 Å². The fourth-order valence-electron chi connectivity index (χ4n) is 3.73. The van der Waals surface area contributed by atoms with Crippen molar-refractivity contribution >= 4 is 17.2 Å². The van der Waals surface area contributed by atoms with E-state index in [2.05, 4.69) is 29.1 Å². The van der Waals surface area contributed by atoms with Crippen molar-refractivity contribution in [2.75, 3.05) is 0 Å². The molecule has 0 aliphatic heterocycles. The van der Waals surface area contributed by atoms with Gasteiger partial charge in [0.25, 0.3) is 5.91 Å². The van der Waals surface area contributed by atoms with E-state index >= 15 is 0 Å². The molecule has 1 unspecified atom stereocenters. The lowest BCUT2D eigenvalue weighted by atomic mass is 9.74. The van der Waals surface area contributed by atoms with Crippen LogP contribution in [0.2, 0.25) is 0 Å². The van der Waals surface area contributed by atoms with Gasteiger partial charge in [0.15, 0.2) is 5.82 Å². The summed E-state index contributed by atoms with van der Waals surface area (Å²) in [5.74, 6) is 0.682. The van der Waals surface area contributed by atoms with Crippen molar-refractivity contribution in [3.8, 4) is 11.4 Å². The first kappa shape index (κ1) is 18.7. The van der Waals surface area contributed by atoms with Gasteiger partial charge in [-0.2, -0.15) is 0 Å². The van der Waals surface area contributed by atoms with Gasteiger partial charge in [0.2, 0.25) is 0 Å². The Hall–Kier alpha value is -2.60. The summed E-state index contributed by atoms with van der Waals surface area (Å²) in [5, 5.41) is 3.23. The van der Waals surface area contributed by atoms with Crippen molar-refractivity contribution in [3.63, 3.8) is 0 Å². The lowest BCUT2D eigenvalue weighted by molar-refractivity contribution is 0.0923. The van der Waals surface area contributed by atoms with Crippen LogP contribution in [0.4, 0.5) is 0 Å². The maximum Gasteiger partial charge on any atom is 0.261 e. The first-order valence-electron chi connectivity index (χ1n) is 9.46. The van der Waals surface area contributed by atoms with Gasteiger partial charge >= 0.3 is 0 Å². The molecule has 144 valence electrons. The standard InChI is InChI=1S/C22H24N4OS/c1-13-9-19(28-14(13)2)21(27)26-18-11-22(3,4)10-17-16(18)12-24-20(25-17)15-5-7-23-8-6-15/h5-9,12,18H,10-11H2,1-4H3,(H,26,27). The number of pyridine rings is 1. The third kappa shape index (κ3) is 3.69. The van der Waals surface area contributed by atoms with Gasteiger partial charge in [-0.1, -0.05) is 13.8 Å². The molecule has 1 aliphatic carbocycles. The van der Waals surface area contributed by atoms with Crippen LogP contribution < -0.4 is 5.32 Å². The van der Waals surface area contributed by atoms with Crippen molar-refractivity contribution in [1.29, 1.82) is 0 Å². The molecule has 0 aromatic carbocycles. The van der Waals surface area contributed by atoms with Crippen LogP contribution in [0.5, 0.6) is 0 Å². The summed E-state index contributed by atoms with van der Waals surface area (Å²) < 4.78 is 0. The van der Waals surface area contributed by atoms with Gasteiger partial charge in [0.05, 0.1) is 16.6 Å². The van der Waals surface area contributed by atoms with Gasteiger partial charge < -0.3 is 5.32 Å². The van der Waals surface area contributed by atoms with Crippen molar-refractivity contribution in [1.82, 2.24) is 20.3 Å². The van der Waals surface area contributed by atoms with Crippen molar-refractivity contribution < 1.29 is 4.79 Å². The highest BCUT2D eigenvalue weighted by molar-refractivity contribution is 7.14. The molecule has 1 atom stereocenters. The zero-order chi connectivity index (χ0) is 19.9. The molecule has 0 bridgehead atoms. The molecule has 0 fully saturated rings. The third-order valence-corrected chi connectivity index (χ3v) is 6.46. The number of nitrogens with one attached hydrogen (secondary N) is 1. The topological polar surface area (TPSA) is 67.8 Å². The van der Waals surface area contributed by atoms with Gasteiger partial charge in [0.1, 0.15) is 0 Å². The Morgan fingerprint density at radius 3 is 2.68 bits per heavy atom. The van der Waals surface area contributed by atoms with Crippen molar-refractivity contribution in [3.05, 3.63) is 63.4 Å². The molecular formula is C22H24N4OS. The quantitative estimate of drug-likeness (QED) is 0.704. The second-order valence-electron chi connectivity index (χ2n) is 8.25. The van der Waals surface area contributed by atoms with E-state index in [9.17, 15) is 4.79 Å². The number of fused-ring (bicyclic) bond motifs is 1. The van der Waals surface area contributed by atoms with Crippen LogP contribution in [0.3, 0.4) is 0 Å². The predicted octanol–water partition coefficient (Wildman–Crippen LogP) is 4.66. The van der Waals surface area contributed by atoms with Crippen LogP contribution in [0.1, 0.15) is 57.7 Å². The summed E-state index contributed by atoms with van der Waals surface area (Å²) in [6, 6.07) is 5.71. The molecule has 4 rings (SSSR count). The first-order chi connectivity index (χ1) is 13.3. The van der Waals surface area contributed by atoms with Gasteiger partial charge in [-0.15, -0.1) is 11.3 Å². The van der Waals surface area contributed by atoms with Crippen LogP contribution in [-0.4, -0.2) is 20.9 Å². The van der Waals surface area contributed by atoms with E-state index in [1.807, 2.05) is 38.2 Å². The summed E-state index contributed by atoms with van der Waals surface area (Å²) in [6.45, 7) is 8.53. The fraction of sp³-hybridized carbons (Fsp3) is 0.364. The van der Waals surface area contributed by atoms with E-state index < -0.39 is 0 Å². The first-order valence-corrected chi connectivity index (χ1v) is 10.3. The minimum atomic E-state index is -0.0829. The zero-order valence-corrected chi connectivity index (χ0v) is 17.4. The molecule has 28 heavy (non-hydrogen) atoms. The Kier molecular flexibility index (Phi) is 4.75. The average Bonchev–Trinajstić information content (AvgIpc) is 3.00. The minimum absolute atomic E-state index is 0.0203. The number of thiophene rings is 1. The predicted molar refractivity (Wildman–Crippen MR) is 111 cm³/mol. The van der Waals surface area contributed by atoms with Gasteiger partial charge in [0, 0.05) is 34.6 Å². The number of hydrogen-bond donors (Lipinski definition) is 1. The Morgan fingerprint density at radius 2 is 2.00 bits per heavy atom. The Balaban J connectivity index is 1.65. The lowest BCUT2D eigenvalue weighted by Gasteiger charge is -2.36. The lowest BCUT2D eigenvalue weighted by Crippen LogP contribution is -2.37. The molecule has 3 heterocycles. The molecule has 0 spiro atoms. The number of aromatic nitrogens is 3. The SMILES string of the molecule is Cc1cc(C(=O)NC2CC(C)(C)Cc3nc(-c4ccncc4)ncc32)sc1C. The highest BCUT2D eigenvalue weighted by atomic mass is 32.1. The molecule has 0 saturated carbocycles. The number of carbonyl (C=O) groups excluding carboxylic acids is 1. The highest BCUT2D eigenvalue weighted by Crippen LogP contribution is 2.40. The Bertz CT molecular complexity index is 1010. The molecule has 3 aromatic rings. The largest absolute Gasteiger partial charge is 0.344 e. The maximum absolute atomic E-state index is 12.8. The van der Waals surface area contributed by atoms with Crippen LogP contribution >= 0.6 is 11.3 Å². The third-order valence-electron chi connectivity index (χ3n) is 5.31. The molecule has 1 aliphatic rings. The summed E-state index contributed by atoms with van der Waals surface area (Å²) in [5.41, 5.74) is 4.20. The summed E-state index contributed by atoms with van der Waals surface area (Å²) in [6.07, 6.45) is 7.11.